The molecular formula is C9H14O3. The van der Waals surface area contributed by atoms with Crippen molar-refractivity contribution in [3.05, 3.63) is 12.2 Å². The molecule has 0 bridgehead atoms. The highest BCUT2D eigenvalue weighted by Crippen LogP contribution is 2.18. The fourth-order valence-electron chi connectivity index (χ4n) is 0.746. The second kappa shape index (κ2) is 4.04. The molecular weight excluding hydrogens is 156 g/mol. The zero-order valence-corrected chi connectivity index (χ0v) is 7.63. The van der Waals surface area contributed by atoms with Crippen molar-refractivity contribution in [2.24, 2.45) is 5.41 Å². The van der Waals surface area contributed by atoms with Crippen LogP contribution < -0.4 is 0 Å². The summed E-state index contributed by atoms with van der Waals surface area (Å²) in [5.41, 5.74) is -0.0834. The molecule has 0 radical (unpaired) electrons. The van der Waals surface area contributed by atoms with E-state index in [1.165, 1.54) is 0 Å². The minimum absolute atomic E-state index is 0.0834. The van der Waals surface area contributed by atoms with Crippen LogP contribution in [0.15, 0.2) is 12.2 Å². The lowest BCUT2D eigenvalue weighted by Crippen LogP contribution is -2.11. The average molecular weight is 170 g/mol. The molecule has 0 aliphatic rings. The van der Waals surface area contributed by atoms with E-state index in [1.54, 1.807) is 0 Å². The van der Waals surface area contributed by atoms with Gasteiger partial charge in [0.2, 0.25) is 0 Å². The molecule has 0 rings (SSSR count). The minimum atomic E-state index is -1.09. The topological polar surface area (TPSA) is 54.4 Å². The van der Waals surface area contributed by atoms with Gasteiger partial charge < -0.3 is 5.11 Å². The summed E-state index contributed by atoms with van der Waals surface area (Å²) in [6.45, 7) is 5.79. The second-order valence-electron chi connectivity index (χ2n) is 3.88. The predicted molar refractivity (Wildman–Crippen MR) is 45.9 cm³/mol. The third kappa shape index (κ3) is 6.99. The van der Waals surface area contributed by atoms with Crippen LogP contribution >= 0.6 is 0 Å². The maximum Gasteiger partial charge on any atom is 0.328 e. The summed E-state index contributed by atoms with van der Waals surface area (Å²) in [4.78, 5) is 21.0. The SMILES string of the molecule is CC(C)(C)CC(=O)/C=C/C(=O)O. The Hall–Kier alpha value is -1.12. The Morgan fingerprint density at radius 2 is 1.75 bits per heavy atom. The maximum absolute atomic E-state index is 11.0. The van der Waals surface area contributed by atoms with Crippen molar-refractivity contribution in [2.45, 2.75) is 27.2 Å². The van der Waals surface area contributed by atoms with Crippen LogP contribution in [0.1, 0.15) is 27.2 Å². The Bertz CT molecular complexity index is 208. The monoisotopic (exact) mass is 170 g/mol. The lowest BCUT2D eigenvalue weighted by Gasteiger charge is -2.14. The number of carboxylic acids is 1. The molecule has 0 amide bonds. The molecule has 0 aliphatic heterocycles. The highest BCUT2D eigenvalue weighted by molar-refractivity contribution is 5.95. The van der Waals surface area contributed by atoms with Crippen molar-refractivity contribution in [3.8, 4) is 0 Å². The molecule has 0 unspecified atom stereocenters. The Balaban J connectivity index is 3.99. The van der Waals surface area contributed by atoms with Gasteiger partial charge in [0.1, 0.15) is 0 Å². The number of carbonyl (C=O) groups excluding carboxylic acids is 1. The highest BCUT2D eigenvalue weighted by atomic mass is 16.4. The maximum atomic E-state index is 11.0. The molecule has 0 aliphatic carbocycles. The lowest BCUT2D eigenvalue weighted by molar-refractivity contribution is -0.131. The van der Waals surface area contributed by atoms with Gasteiger partial charge >= 0.3 is 5.97 Å². The lowest BCUT2D eigenvalue weighted by atomic mass is 9.90. The van der Waals surface area contributed by atoms with Crippen LogP contribution in [-0.4, -0.2) is 16.9 Å². The van der Waals surface area contributed by atoms with Gasteiger partial charge in [-0.3, -0.25) is 4.79 Å². The Kier molecular flexibility index (Phi) is 3.67. The molecule has 0 aromatic rings. The predicted octanol–water partition coefficient (Wildman–Crippen LogP) is 1.63. The number of hydrogen-bond donors (Lipinski definition) is 1. The Morgan fingerprint density at radius 1 is 1.25 bits per heavy atom. The summed E-state index contributed by atoms with van der Waals surface area (Å²) >= 11 is 0. The fourth-order valence-corrected chi connectivity index (χ4v) is 0.746. The summed E-state index contributed by atoms with van der Waals surface area (Å²) in [7, 11) is 0. The van der Waals surface area contributed by atoms with Gasteiger partial charge in [-0.05, 0) is 11.5 Å². The Labute approximate surface area is 72.1 Å². The number of carboxylic acid groups (broad SMARTS) is 1. The van der Waals surface area contributed by atoms with Crippen LogP contribution in [0.2, 0.25) is 0 Å². The van der Waals surface area contributed by atoms with E-state index >= 15 is 0 Å². The number of ketones is 1. The van der Waals surface area contributed by atoms with Crippen LogP contribution in [-0.2, 0) is 9.59 Å². The third-order valence-electron chi connectivity index (χ3n) is 1.12. The summed E-state index contributed by atoms with van der Waals surface area (Å²) < 4.78 is 0. The van der Waals surface area contributed by atoms with Gasteiger partial charge in [-0.25, -0.2) is 4.79 Å². The van der Waals surface area contributed by atoms with Crippen LogP contribution in [0.4, 0.5) is 0 Å². The number of hydrogen-bond acceptors (Lipinski definition) is 2. The highest BCUT2D eigenvalue weighted by Gasteiger charge is 2.13. The van der Waals surface area contributed by atoms with Gasteiger partial charge in [0.15, 0.2) is 5.78 Å². The zero-order valence-electron chi connectivity index (χ0n) is 7.63. The molecule has 0 spiro atoms. The first-order chi connectivity index (χ1) is 5.31. The number of allylic oxidation sites excluding steroid dienone is 1. The summed E-state index contributed by atoms with van der Waals surface area (Å²) in [6.07, 6.45) is 2.35. The van der Waals surface area contributed by atoms with Crippen LogP contribution in [0.5, 0.6) is 0 Å². The van der Waals surface area contributed by atoms with E-state index in [1.807, 2.05) is 20.8 Å². The van der Waals surface area contributed by atoms with Gasteiger partial charge in [-0.2, -0.15) is 0 Å². The molecule has 0 fully saturated rings. The Morgan fingerprint density at radius 3 is 2.08 bits per heavy atom. The quantitative estimate of drug-likeness (QED) is 0.655. The van der Waals surface area contributed by atoms with Crippen molar-refractivity contribution in [2.75, 3.05) is 0 Å². The molecule has 1 N–H and O–H groups in total. The van der Waals surface area contributed by atoms with Gasteiger partial charge in [-0.1, -0.05) is 20.8 Å². The van der Waals surface area contributed by atoms with Crippen molar-refractivity contribution >= 4 is 11.8 Å². The molecule has 0 aromatic carbocycles. The van der Waals surface area contributed by atoms with Gasteiger partial charge in [0.25, 0.3) is 0 Å². The first-order valence-corrected chi connectivity index (χ1v) is 3.75. The normalized spacial score (nSPS) is 11.9. The van der Waals surface area contributed by atoms with E-state index in [2.05, 4.69) is 0 Å². The number of rotatable bonds is 3. The minimum Gasteiger partial charge on any atom is -0.478 e. The summed E-state index contributed by atoms with van der Waals surface area (Å²) in [5.74, 6) is -1.23. The summed E-state index contributed by atoms with van der Waals surface area (Å²) in [6, 6.07) is 0. The van der Waals surface area contributed by atoms with E-state index in [4.69, 9.17) is 5.11 Å². The standard InChI is InChI=1S/C9H14O3/c1-9(2,3)6-7(10)4-5-8(11)12/h4-5H,6H2,1-3H3,(H,11,12)/b5-4+. The molecule has 0 saturated carbocycles. The van der Waals surface area contributed by atoms with Gasteiger partial charge in [0.05, 0.1) is 0 Å². The van der Waals surface area contributed by atoms with Crippen LogP contribution in [0, 0.1) is 5.41 Å². The molecule has 68 valence electrons. The molecule has 3 heteroatoms. The number of carbonyl (C=O) groups is 2. The zero-order chi connectivity index (χ0) is 9.78. The van der Waals surface area contributed by atoms with E-state index < -0.39 is 5.97 Å². The average Bonchev–Trinajstić information content (AvgIpc) is 1.79. The smallest absolute Gasteiger partial charge is 0.328 e. The second-order valence-corrected chi connectivity index (χ2v) is 3.88. The van der Waals surface area contributed by atoms with E-state index in [-0.39, 0.29) is 11.2 Å². The first-order valence-electron chi connectivity index (χ1n) is 3.75. The van der Waals surface area contributed by atoms with Crippen molar-refractivity contribution in [3.63, 3.8) is 0 Å². The molecule has 0 saturated heterocycles. The molecule has 0 heterocycles. The van der Waals surface area contributed by atoms with E-state index in [9.17, 15) is 9.59 Å². The van der Waals surface area contributed by atoms with Crippen molar-refractivity contribution in [1.82, 2.24) is 0 Å². The molecule has 0 aromatic heterocycles. The molecule has 3 nitrogen and oxygen atoms in total. The molecule has 0 atom stereocenters. The van der Waals surface area contributed by atoms with Crippen LogP contribution in [0.25, 0.3) is 0 Å². The van der Waals surface area contributed by atoms with E-state index in [0.717, 1.165) is 12.2 Å². The summed E-state index contributed by atoms with van der Waals surface area (Å²) in [5, 5.41) is 8.22. The fraction of sp³-hybridized carbons (Fsp3) is 0.556. The van der Waals surface area contributed by atoms with Crippen LogP contribution in [0.3, 0.4) is 0 Å². The largest absolute Gasteiger partial charge is 0.478 e. The third-order valence-corrected chi connectivity index (χ3v) is 1.12. The molecule has 12 heavy (non-hydrogen) atoms. The number of aliphatic carboxylic acids is 1. The van der Waals surface area contributed by atoms with Gasteiger partial charge in [-0.15, -0.1) is 0 Å². The van der Waals surface area contributed by atoms with Crippen molar-refractivity contribution < 1.29 is 14.7 Å². The first kappa shape index (κ1) is 10.9. The van der Waals surface area contributed by atoms with Gasteiger partial charge in [0, 0.05) is 12.5 Å². The van der Waals surface area contributed by atoms with Crippen molar-refractivity contribution in [1.29, 1.82) is 0 Å². The van der Waals surface area contributed by atoms with E-state index in [0.29, 0.717) is 6.42 Å².